The smallest absolute Gasteiger partial charge is 0.237 e. The third kappa shape index (κ3) is 3.50. The molecule has 0 amide bonds. The lowest BCUT2D eigenvalue weighted by Crippen LogP contribution is -2.49. The summed E-state index contributed by atoms with van der Waals surface area (Å²) in [6.07, 6.45) is 2.42. The number of anilines is 3. The summed E-state index contributed by atoms with van der Waals surface area (Å²) in [5.41, 5.74) is 4.73. The van der Waals surface area contributed by atoms with Crippen LogP contribution < -0.4 is 15.5 Å². The summed E-state index contributed by atoms with van der Waals surface area (Å²) in [5, 5.41) is 20.6. The molecular weight excluding hydrogens is 300 g/mol. The van der Waals surface area contributed by atoms with Crippen LogP contribution in [0, 0.1) is 11.8 Å². The highest BCUT2D eigenvalue weighted by Gasteiger charge is 2.42. The molecule has 0 saturated carbocycles. The van der Waals surface area contributed by atoms with Crippen LogP contribution in [0.5, 0.6) is 0 Å². The van der Waals surface area contributed by atoms with Crippen molar-refractivity contribution in [3.63, 3.8) is 0 Å². The molecule has 0 fully saturated rings. The Balaban J connectivity index is 2.44. The van der Waals surface area contributed by atoms with Gasteiger partial charge in [-0.3, -0.25) is 4.90 Å². The third-order valence-corrected chi connectivity index (χ3v) is 3.22. The van der Waals surface area contributed by atoms with Crippen molar-refractivity contribution < 1.29 is 14.9 Å². The van der Waals surface area contributed by atoms with Gasteiger partial charge in [-0.2, -0.15) is 15.0 Å². The van der Waals surface area contributed by atoms with E-state index in [0.717, 1.165) is 0 Å². The molecule has 0 saturated heterocycles. The largest absolute Gasteiger partial charge is 0.376 e. The van der Waals surface area contributed by atoms with Crippen molar-refractivity contribution in [2.75, 3.05) is 43.2 Å². The predicted molar refractivity (Wildman–Crippen MR) is 85.2 cm³/mol. The average molecular weight is 320 g/mol. The number of nitrogens with two attached hydrogens (primary N) is 1. The maximum atomic E-state index is 10.8. The van der Waals surface area contributed by atoms with E-state index in [2.05, 4.69) is 26.8 Å². The topological polar surface area (TPSA) is 121 Å². The van der Waals surface area contributed by atoms with Gasteiger partial charge in [0.2, 0.25) is 23.6 Å². The van der Waals surface area contributed by atoms with E-state index in [-0.39, 0.29) is 24.6 Å². The second kappa shape index (κ2) is 6.78. The van der Waals surface area contributed by atoms with Crippen LogP contribution in [0.25, 0.3) is 0 Å². The van der Waals surface area contributed by atoms with Crippen molar-refractivity contribution in [1.29, 1.82) is 0 Å². The zero-order valence-corrected chi connectivity index (χ0v) is 13.3. The number of methoxy groups -OCH3 is 1. The normalized spacial score (nSPS) is 15.1. The summed E-state index contributed by atoms with van der Waals surface area (Å²) >= 11 is 0. The fourth-order valence-electron chi connectivity index (χ4n) is 2.05. The van der Waals surface area contributed by atoms with E-state index in [1.165, 1.54) is 12.0 Å². The minimum Gasteiger partial charge on any atom is -0.376 e. The van der Waals surface area contributed by atoms with Crippen molar-refractivity contribution in [2.45, 2.75) is 19.1 Å². The molecule has 1 atom stereocenters. The molecule has 9 nitrogen and oxygen atoms in total. The lowest BCUT2D eigenvalue weighted by molar-refractivity contribution is 0.107. The molecule has 0 radical (unpaired) electrons. The zero-order chi connectivity index (χ0) is 17.0. The van der Waals surface area contributed by atoms with Crippen LogP contribution in [-0.4, -0.2) is 58.5 Å². The Morgan fingerprint density at radius 2 is 2.04 bits per heavy atom. The molecular formula is C14H20N6O3. The molecule has 0 bridgehead atoms. The number of hydrogen-bond donors (Lipinski definition) is 3. The highest BCUT2D eigenvalue weighted by Crippen LogP contribution is 2.35. The van der Waals surface area contributed by atoms with Gasteiger partial charge >= 0.3 is 0 Å². The highest BCUT2D eigenvalue weighted by atomic mass is 16.5. The van der Waals surface area contributed by atoms with Crippen LogP contribution in [-0.2, 0) is 4.74 Å². The summed E-state index contributed by atoms with van der Waals surface area (Å²) in [4.78, 5) is 15.0. The minimum absolute atomic E-state index is 0.0241. The molecule has 9 heteroatoms. The summed E-state index contributed by atoms with van der Waals surface area (Å²) in [7, 11) is 3.25. The number of aromatic nitrogens is 3. The van der Waals surface area contributed by atoms with Gasteiger partial charge in [-0.25, -0.2) is 0 Å². The maximum Gasteiger partial charge on any atom is 0.237 e. The second-order valence-electron chi connectivity index (χ2n) is 4.96. The predicted octanol–water partition coefficient (Wildman–Crippen LogP) is -0.708. The molecule has 1 aromatic rings. The van der Waals surface area contributed by atoms with Gasteiger partial charge in [0, 0.05) is 14.2 Å². The third-order valence-electron chi connectivity index (χ3n) is 3.22. The molecule has 2 rings (SSSR count). The van der Waals surface area contributed by atoms with E-state index in [9.17, 15) is 10.2 Å². The Morgan fingerprint density at radius 3 is 2.57 bits per heavy atom. The Kier molecular flexibility index (Phi) is 5.00. The first-order chi connectivity index (χ1) is 11.0. The fourth-order valence-corrected chi connectivity index (χ4v) is 2.05. The number of aliphatic hydroxyl groups is 2. The Morgan fingerprint density at radius 1 is 1.39 bits per heavy atom. The van der Waals surface area contributed by atoms with Crippen LogP contribution in [0.1, 0.15) is 13.3 Å². The van der Waals surface area contributed by atoms with E-state index >= 15 is 0 Å². The number of ether oxygens (including phenoxy) is 1. The van der Waals surface area contributed by atoms with Crippen LogP contribution in [0.3, 0.4) is 0 Å². The minimum atomic E-state index is -1.67. The molecule has 1 aromatic heterocycles. The summed E-state index contributed by atoms with van der Waals surface area (Å²) in [5.74, 6) is 5.59. The number of hydrogen-bond acceptors (Lipinski definition) is 9. The van der Waals surface area contributed by atoms with Gasteiger partial charge in [0.25, 0.3) is 0 Å². The van der Waals surface area contributed by atoms with Gasteiger partial charge in [-0.1, -0.05) is 6.08 Å². The van der Waals surface area contributed by atoms with Crippen LogP contribution in [0.2, 0.25) is 0 Å². The van der Waals surface area contributed by atoms with Crippen LogP contribution >= 0.6 is 0 Å². The average Bonchev–Trinajstić information content (AvgIpc) is 3.33. The van der Waals surface area contributed by atoms with E-state index < -0.39 is 12.5 Å². The molecule has 0 aromatic carbocycles. The highest BCUT2D eigenvalue weighted by molar-refractivity contribution is 5.53. The molecule has 0 spiro atoms. The van der Waals surface area contributed by atoms with Gasteiger partial charge in [0.05, 0.1) is 0 Å². The van der Waals surface area contributed by atoms with E-state index in [1.54, 1.807) is 18.9 Å². The molecule has 1 aliphatic rings. The quantitative estimate of drug-likeness (QED) is 0.340. The number of nitrogen functional groups attached to an aromatic ring is 1. The van der Waals surface area contributed by atoms with Gasteiger partial charge < -0.3 is 25.6 Å². The van der Waals surface area contributed by atoms with Crippen molar-refractivity contribution >= 4 is 17.8 Å². The first-order valence-electron chi connectivity index (χ1n) is 6.92. The monoisotopic (exact) mass is 320 g/mol. The van der Waals surface area contributed by atoms with E-state index in [1.807, 2.05) is 6.08 Å². The molecule has 124 valence electrons. The van der Waals surface area contributed by atoms with E-state index in [4.69, 9.17) is 10.5 Å². The second-order valence-corrected chi connectivity index (χ2v) is 4.96. The Labute approximate surface area is 134 Å². The molecule has 0 aliphatic heterocycles. The Bertz CT molecular complexity index is 668. The number of aliphatic hydroxyl groups excluding tert-OH is 1. The van der Waals surface area contributed by atoms with Crippen molar-refractivity contribution in [1.82, 2.24) is 15.0 Å². The number of allylic oxidation sites excluding steroid dienone is 1. The summed E-state index contributed by atoms with van der Waals surface area (Å²) in [6, 6.07) is 0. The zero-order valence-electron chi connectivity index (χ0n) is 13.3. The van der Waals surface area contributed by atoms with Gasteiger partial charge in [0.1, 0.15) is 13.5 Å². The molecule has 4 N–H and O–H groups in total. The lowest BCUT2D eigenvalue weighted by Gasteiger charge is -2.33. The lowest BCUT2D eigenvalue weighted by atomic mass is 10.1. The van der Waals surface area contributed by atoms with Crippen molar-refractivity contribution in [3.8, 4) is 11.8 Å². The van der Waals surface area contributed by atoms with Crippen molar-refractivity contribution in [2.24, 2.45) is 0 Å². The first kappa shape index (κ1) is 17.0. The van der Waals surface area contributed by atoms with Crippen molar-refractivity contribution in [3.05, 3.63) is 11.6 Å². The summed E-state index contributed by atoms with van der Waals surface area (Å²) in [6.45, 7) is 1.30. The van der Waals surface area contributed by atoms with Crippen LogP contribution in [0.4, 0.5) is 17.8 Å². The SMILES string of the molecule is CC#CC(O)(C1=CC1)N(CO)c1nc(N)nc(N(C)COC)n1. The molecule has 1 aliphatic carbocycles. The first-order valence-corrected chi connectivity index (χ1v) is 6.92. The van der Waals surface area contributed by atoms with E-state index in [0.29, 0.717) is 12.0 Å². The number of nitrogens with zero attached hydrogens (tertiary/aromatic N) is 5. The fraction of sp³-hybridized carbons (Fsp3) is 0.500. The van der Waals surface area contributed by atoms with Gasteiger partial charge in [0.15, 0.2) is 0 Å². The van der Waals surface area contributed by atoms with Crippen LogP contribution in [0.15, 0.2) is 11.6 Å². The van der Waals surface area contributed by atoms with Gasteiger partial charge in [-0.05, 0) is 24.8 Å². The standard InChI is InChI=1S/C14H20N6O3/c1-4-7-14(22,10-5-6-10)20(8-21)13-17-11(15)16-12(18-13)19(2)9-23-3/h5,21-22H,6,8-9H2,1-3H3,(H2,15,16,17,18). The molecule has 1 heterocycles. The summed E-state index contributed by atoms with van der Waals surface area (Å²) < 4.78 is 5.02. The maximum absolute atomic E-state index is 10.8. The molecule has 23 heavy (non-hydrogen) atoms. The number of rotatable bonds is 7. The Hall–Kier alpha value is -2.41. The van der Waals surface area contributed by atoms with Gasteiger partial charge in [-0.15, -0.1) is 5.92 Å². The molecule has 1 unspecified atom stereocenters.